The van der Waals surface area contributed by atoms with Crippen LogP contribution >= 0.6 is 0 Å². The van der Waals surface area contributed by atoms with Gasteiger partial charge in [-0.1, -0.05) is 42.5 Å². The lowest BCUT2D eigenvalue weighted by atomic mass is 10.1. The third-order valence-corrected chi connectivity index (χ3v) is 3.91. The molecule has 0 saturated carbocycles. The van der Waals surface area contributed by atoms with E-state index in [0.717, 1.165) is 30.2 Å². The van der Waals surface area contributed by atoms with E-state index in [1.165, 1.54) is 11.1 Å². The summed E-state index contributed by atoms with van der Waals surface area (Å²) in [6.07, 6.45) is 3.10. The molecule has 0 radical (unpaired) electrons. The van der Waals surface area contributed by atoms with Crippen molar-refractivity contribution in [3.05, 3.63) is 83.4 Å². The van der Waals surface area contributed by atoms with E-state index in [2.05, 4.69) is 40.0 Å². The molecule has 3 rings (SSSR count). The molecule has 0 saturated heterocycles. The maximum atomic E-state index is 5.82. The predicted octanol–water partition coefficient (Wildman–Crippen LogP) is 4.32. The van der Waals surface area contributed by atoms with Crippen LogP contribution in [0.25, 0.3) is 0 Å². The van der Waals surface area contributed by atoms with Gasteiger partial charge < -0.3 is 9.30 Å². The van der Waals surface area contributed by atoms with Crippen LogP contribution in [0.1, 0.15) is 22.6 Å². The fraction of sp³-hybridized carbons (Fsp3) is 0.250. The lowest BCUT2D eigenvalue weighted by Gasteiger charge is -2.08. The fourth-order valence-electron chi connectivity index (χ4n) is 2.64. The summed E-state index contributed by atoms with van der Waals surface area (Å²) in [5, 5.41) is 0. The fourth-order valence-corrected chi connectivity index (χ4v) is 2.64. The Labute approximate surface area is 137 Å². The van der Waals surface area contributed by atoms with Crippen LogP contribution in [0.15, 0.2) is 60.8 Å². The first-order chi connectivity index (χ1) is 11.2. The van der Waals surface area contributed by atoms with E-state index in [1.54, 1.807) is 0 Å². The summed E-state index contributed by atoms with van der Waals surface area (Å²) in [7, 11) is 0. The van der Waals surface area contributed by atoms with E-state index >= 15 is 0 Å². The van der Waals surface area contributed by atoms with Crippen LogP contribution in [0.3, 0.4) is 0 Å². The molecule has 0 bridgehead atoms. The molecule has 1 heterocycles. The second-order valence-electron chi connectivity index (χ2n) is 5.79. The highest BCUT2D eigenvalue weighted by atomic mass is 16.5. The zero-order valence-electron chi connectivity index (χ0n) is 13.7. The highest BCUT2D eigenvalue weighted by Gasteiger charge is 2.02. The minimum Gasteiger partial charge on any atom is -0.489 e. The molecule has 0 fully saturated rings. The standard InChI is InChI=1S/C20H22N2O/c1-16-14-22(17(2)21-16)13-12-18-8-10-20(11-9-18)23-15-19-6-4-3-5-7-19/h3-11,14H,12-13,15H2,1-2H3. The monoisotopic (exact) mass is 306 g/mol. The molecule has 3 heteroatoms. The van der Waals surface area contributed by atoms with E-state index in [1.807, 2.05) is 44.2 Å². The van der Waals surface area contributed by atoms with Crippen LogP contribution in [0.4, 0.5) is 0 Å². The van der Waals surface area contributed by atoms with E-state index in [-0.39, 0.29) is 0 Å². The minimum atomic E-state index is 0.605. The van der Waals surface area contributed by atoms with Gasteiger partial charge in [0.05, 0.1) is 5.69 Å². The Kier molecular flexibility index (Phi) is 4.77. The summed E-state index contributed by atoms with van der Waals surface area (Å²) in [5.41, 5.74) is 3.57. The smallest absolute Gasteiger partial charge is 0.119 e. The molecule has 0 spiro atoms. The Bertz CT molecular complexity index is 745. The average Bonchev–Trinajstić information content (AvgIpc) is 2.90. The number of benzene rings is 2. The summed E-state index contributed by atoms with van der Waals surface area (Å²) in [4.78, 5) is 4.43. The van der Waals surface area contributed by atoms with Gasteiger partial charge in [-0.3, -0.25) is 0 Å². The van der Waals surface area contributed by atoms with E-state index in [0.29, 0.717) is 6.61 Å². The van der Waals surface area contributed by atoms with Crippen molar-refractivity contribution >= 4 is 0 Å². The maximum absolute atomic E-state index is 5.82. The Morgan fingerprint density at radius 3 is 2.30 bits per heavy atom. The number of hydrogen-bond donors (Lipinski definition) is 0. The van der Waals surface area contributed by atoms with Gasteiger partial charge in [0, 0.05) is 12.7 Å². The molecule has 0 aliphatic rings. The summed E-state index contributed by atoms with van der Waals surface area (Å²) >= 11 is 0. The predicted molar refractivity (Wildman–Crippen MR) is 92.6 cm³/mol. The van der Waals surface area contributed by atoms with Crippen LogP contribution in [-0.4, -0.2) is 9.55 Å². The number of imidazole rings is 1. The highest BCUT2D eigenvalue weighted by molar-refractivity contribution is 5.28. The quantitative estimate of drug-likeness (QED) is 0.678. The number of aryl methyl sites for hydroxylation is 4. The molecule has 2 aromatic carbocycles. The summed E-state index contributed by atoms with van der Waals surface area (Å²) in [6.45, 7) is 5.64. The number of aromatic nitrogens is 2. The van der Waals surface area contributed by atoms with Crippen molar-refractivity contribution in [2.75, 3.05) is 0 Å². The normalized spacial score (nSPS) is 10.7. The summed E-state index contributed by atoms with van der Waals surface area (Å²) in [5.74, 6) is 1.98. The second-order valence-corrected chi connectivity index (χ2v) is 5.79. The Hall–Kier alpha value is -2.55. The largest absolute Gasteiger partial charge is 0.489 e. The molecule has 0 atom stereocenters. The summed E-state index contributed by atoms with van der Waals surface area (Å²) < 4.78 is 8.02. The van der Waals surface area contributed by atoms with Crippen LogP contribution in [0, 0.1) is 13.8 Å². The van der Waals surface area contributed by atoms with Crippen molar-refractivity contribution in [1.82, 2.24) is 9.55 Å². The molecule has 23 heavy (non-hydrogen) atoms. The second kappa shape index (κ2) is 7.14. The zero-order chi connectivity index (χ0) is 16.1. The number of rotatable bonds is 6. The molecule has 1 aromatic heterocycles. The van der Waals surface area contributed by atoms with Crippen LogP contribution in [-0.2, 0) is 19.6 Å². The van der Waals surface area contributed by atoms with E-state index < -0.39 is 0 Å². The van der Waals surface area contributed by atoms with Gasteiger partial charge in [0.2, 0.25) is 0 Å². The van der Waals surface area contributed by atoms with Gasteiger partial charge in [-0.2, -0.15) is 0 Å². The molecule has 0 N–H and O–H groups in total. The number of ether oxygens (including phenoxy) is 1. The average molecular weight is 306 g/mol. The lowest BCUT2D eigenvalue weighted by molar-refractivity contribution is 0.306. The van der Waals surface area contributed by atoms with Crippen molar-refractivity contribution < 1.29 is 4.74 Å². The molecule has 118 valence electrons. The van der Waals surface area contributed by atoms with Crippen LogP contribution in [0.5, 0.6) is 5.75 Å². The molecule has 3 nitrogen and oxygen atoms in total. The Morgan fingerprint density at radius 1 is 0.913 bits per heavy atom. The topological polar surface area (TPSA) is 27.1 Å². The van der Waals surface area contributed by atoms with Gasteiger partial charge in [0.1, 0.15) is 18.2 Å². The number of nitrogens with zero attached hydrogens (tertiary/aromatic N) is 2. The summed E-state index contributed by atoms with van der Waals surface area (Å²) in [6, 6.07) is 18.6. The SMILES string of the molecule is Cc1cn(CCc2ccc(OCc3ccccc3)cc2)c(C)n1. The first kappa shape index (κ1) is 15.3. The molecule has 0 aliphatic carbocycles. The first-order valence-corrected chi connectivity index (χ1v) is 7.97. The highest BCUT2D eigenvalue weighted by Crippen LogP contribution is 2.15. The van der Waals surface area contributed by atoms with Gasteiger partial charge in [-0.05, 0) is 43.5 Å². The van der Waals surface area contributed by atoms with Crippen molar-refractivity contribution in [3.63, 3.8) is 0 Å². The minimum absolute atomic E-state index is 0.605. The van der Waals surface area contributed by atoms with Crippen molar-refractivity contribution in [3.8, 4) is 5.75 Å². The zero-order valence-corrected chi connectivity index (χ0v) is 13.7. The third-order valence-electron chi connectivity index (χ3n) is 3.91. The van der Waals surface area contributed by atoms with Crippen LogP contribution in [0.2, 0.25) is 0 Å². The van der Waals surface area contributed by atoms with Gasteiger partial charge >= 0.3 is 0 Å². The Balaban J connectivity index is 1.53. The molecular formula is C20H22N2O. The third kappa shape index (κ3) is 4.22. The van der Waals surface area contributed by atoms with Gasteiger partial charge in [0.15, 0.2) is 0 Å². The van der Waals surface area contributed by atoms with E-state index in [9.17, 15) is 0 Å². The van der Waals surface area contributed by atoms with Gasteiger partial charge in [-0.25, -0.2) is 4.98 Å². The lowest BCUT2D eigenvalue weighted by Crippen LogP contribution is -2.02. The maximum Gasteiger partial charge on any atom is 0.119 e. The van der Waals surface area contributed by atoms with Crippen molar-refractivity contribution in [2.45, 2.75) is 33.4 Å². The Morgan fingerprint density at radius 2 is 1.65 bits per heavy atom. The molecule has 3 aromatic rings. The number of hydrogen-bond acceptors (Lipinski definition) is 2. The molecule has 0 aliphatic heterocycles. The van der Waals surface area contributed by atoms with Gasteiger partial charge in [0.25, 0.3) is 0 Å². The molecular weight excluding hydrogens is 284 g/mol. The van der Waals surface area contributed by atoms with E-state index in [4.69, 9.17) is 4.74 Å². The first-order valence-electron chi connectivity index (χ1n) is 7.97. The van der Waals surface area contributed by atoms with Gasteiger partial charge in [-0.15, -0.1) is 0 Å². The van der Waals surface area contributed by atoms with Crippen molar-refractivity contribution in [1.29, 1.82) is 0 Å². The van der Waals surface area contributed by atoms with Crippen LogP contribution < -0.4 is 4.74 Å². The van der Waals surface area contributed by atoms with Crippen molar-refractivity contribution in [2.24, 2.45) is 0 Å². The molecule has 0 unspecified atom stereocenters. The molecule has 0 amide bonds.